The van der Waals surface area contributed by atoms with Gasteiger partial charge >= 0.3 is 11.9 Å². The lowest BCUT2D eigenvalue weighted by molar-refractivity contribution is 0.0685. The van der Waals surface area contributed by atoms with Gasteiger partial charge in [-0.05, 0) is 23.8 Å². The molecule has 2 rings (SSSR count). The first-order valence-electron chi connectivity index (χ1n) is 5.20. The molecule has 0 aliphatic rings. The fourth-order valence-electron chi connectivity index (χ4n) is 1.58. The number of carbonyl (C=O) groups is 2. The summed E-state index contributed by atoms with van der Waals surface area (Å²) in [6.07, 6.45) is 2.68. The number of carboxylic acid groups (broad SMARTS) is 2. The van der Waals surface area contributed by atoms with Crippen LogP contribution in [0.3, 0.4) is 0 Å². The number of halogens is 1. The molecule has 96 valence electrons. The smallest absolute Gasteiger partial charge is 0.337 e. The van der Waals surface area contributed by atoms with Crippen molar-refractivity contribution in [2.24, 2.45) is 0 Å². The van der Waals surface area contributed by atoms with Gasteiger partial charge in [-0.2, -0.15) is 0 Å². The van der Waals surface area contributed by atoms with E-state index in [1.807, 2.05) is 0 Å². The Bertz CT molecular complexity index is 669. The van der Waals surface area contributed by atoms with Gasteiger partial charge < -0.3 is 10.2 Å². The van der Waals surface area contributed by atoms with E-state index in [2.05, 4.69) is 4.98 Å². The summed E-state index contributed by atoms with van der Waals surface area (Å²) < 4.78 is 0. The standard InChI is InChI=1S/C13H8ClNO4/c14-11-2-1-7(4-10(11)13(18)19)8-3-9(12(16)17)6-15-5-8/h1-6H,(H,16,17)(H,18,19). The van der Waals surface area contributed by atoms with Gasteiger partial charge in [0.25, 0.3) is 0 Å². The highest BCUT2D eigenvalue weighted by Gasteiger charge is 2.11. The molecule has 0 unspecified atom stereocenters. The lowest BCUT2D eigenvalue weighted by atomic mass is 10.0. The molecule has 0 aliphatic heterocycles. The van der Waals surface area contributed by atoms with E-state index in [9.17, 15) is 9.59 Å². The zero-order chi connectivity index (χ0) is 14.0. The van der Waals surface area contributed by atoms with Gasteiger partial charge in [0.1, 0.15) is 0 Å². The normalized spacial score (nSPS) is 10.2. The minimum Gasteiger partial charge on any atom is -0.478 e. The SMILES string of the molecule is O=C(O)c1cncc(-c2ccc(Cl)c(C(=O)O)c2)c1. The van der Waals surface area contributed by atoms with Crippen molar-refractivity contribution in [1.82, 2.24) is 4.98 Å². The molecular weight excluding hydrogens is 270 g/mol. The summed E-state index contributed by atoms with van der Waals surface area (Å²) in [6.45, 7) is 0. The second-order valence-corrected chi connectivity index (χ2v) is 4.17. The van der Waals surface area contributed by atoms with Crippen molar-refractivity contribution in [2.45, 2.75) is 0 Å². The Balaban J connectivity index is 2.53. The van der Waals surface area contributed by atoms with Crippen molar-refractivity contribution < 1.29 is 19.8 Å². The third-order valence-electron chi connectivity index (χ3n) is 2.52. The van der Waals surface area contributed by atoms with E-state index in [-0.39, 0.29) is 16.1 Å². The summed E-state index contributed by atoms with van der Waals surface area (Å²) >= 11 is 5.77. The molecule has 2 N–H and O–H groups in total. The van der Waals surface area contributed by atoms with Crippen molar-refractivity contribution >= 4 is 23.5 Å². The molecule has 6 heteroatoms. The zero-order valence-corrected chi connectivity index (χ0v) is 10.3. The highest BCUT2D eigenvalue weighted by Crippen LogP contribution is 2.25. The highest BCUT2D eigenvalue weighted by molar-refractivity contribution is 6.33. The van der Waals surface area contributed by atoms with Crippen LogP contribution in [0.4, 0.5) is 0 Å². The van der Waals surface area contributed by atoms with Crippen molar-refractivity contribution in [1.29, 1.82) is 0 Å². The Morgan fingerprint density at radius 2 is 1.74 bits per heavy atom. The number of pyridine rings is 1. The van der Waals surface area contributed by atoms with Crippen LogP contribution < -0.4 is 0 Å². The average Bonchev–Trinajstić information content (AvgIpc) is 2.39. The number of hydrogen-bond acceptors (Lipinski definition) is 3. The van der Waals surface area contributed by atoms with E-state index in [1.165, 1.54) is 30.6 Å². The lowest BCUT2D eigenvalue weighted by Gasteiger charge is -2.05. The molecule has 0 fully saturated rings. The fourth-order valence-corrected chi connectivity index (χ4v) is 1.78. The second kappa shape index (κ2) is 5.07. The van der Waals surface area contributed by atoms with Crippen LogP contribution in [0.5, 0.6) is 0 Å². The summed E-state index contributed by atoms with van der Waals surface area (Å²) in [6, 6.07) is 5.86. The predicted molar refractivity (Wildman–Crippen MR) is 68.6 cm³/mol. The maximum atomic E-state index is 11.0. The first-order valence-corrected chi connectivity index (χ1v) is 5.58. The van der Waals surface area contributed by atoms with Crippen molar-refractivity contribution in [3.8, 4) is 11.1 Å². The monoisotopic (exact) mass is 277 g/mol. The summed E-state index contributed by atoms with van der Waals surface area (Å²) in [7, 11) is 0. The first-order chi connectivity index (χ1) is 8.99. The van der Waals surface area contributed by atoms with Crippen molar-refractivity contribution in [3.63, 3.8) is 0 Å². The molecule has 5 nitrogen and oxygen atoms in total. The van der Waals surface area contributed by atoms with Crippen LogP contribution in [0.1, 0.15) is 20.7 Å². The van der Waals surface area contributed by atoms with E-state index in [0.717, 1.165) is 0 Å². The van der Waals surface area contributed by atoms with Gasteiger partial charge in [-0.1, -0.05) is 17.7 Å². The van der Waals surface area contributed by atoms with E-state index in [1.54, 1.807) is 6.07 Å². The van der Waals surface area contributed by atoms with Crippen LogP contribution in [-0.4, -0.2) is 27.1 Å². The van der Waals surface area contributed by atoms with E-state index in [4.69, 9.17) is 21.8 Å². The number of hydrogen-bond donors (Lipinski definition) is 2. The summed E-state index contributed by atoms with van der Waals surface area (Å²) in [4.78, 5) is 25.7. The Hall–Kier alpha value is -2.40. The topological polar surface area (TPSA) is 87.5 Å². The molecule has 19 heavy (non-hydrogen) atoms. The molecular formula is C13H8ClNO4. The molecule has 1 aromatic carbocycles. The second-order valence-electron chi connectivity index (χ2n) is 3.77. The van der Waals surface area contributed by atoms with Crippen LogP contribution in [-0.2, 0) is 0 Å². The van der Waals surface area contributed by atoms with Crippen LogP contribution in [0.15, 0.2) is 36.7 Å². The lowest BCUT2D eigenvalue weighted by Crippen LogP contribution is -1.99. The molecule has 1 heterocycles. The van der Waals surface area contributed by atoms with Gasteiger partial charge in [0.05, 0.1) is 16.1 Å². The maximum Gasteiger partial charge on any atom is 0.337 e. The minimum absolute atomic E-state index is 0.0318. The van der Waals surface area contributed by atoms with Crippen molar-refractivity contribution in [3.05, 3.63) is 52.8 Å². The number of aromatic carboxylic acids is 2. The van der Waals surface area contributed by atoms with Gasteiger partial charge in [0.2, 0.25) is 0 Å². The third-order valence-corrected chi connectivity index (χ3v) is 2.84. The van der Waals surface area contributed by atoms with E-state index in [0.29, 0.717) is 11.1 Å². The number of aromatic nitrogens is 1. The quantitative estimate of drug-likeness (QED) is 0.901. The van der Waals surface area contributed by atoms with E-state index >= 15 is 0 Å². The Kier molecular flexibility index (Phi) is 3.48. The van der Waals surface area contributed by atoms with Gasteiger partial charge in [-0.15, -0.1) is 0 Å². The zero-order valence-electron chi connectivity index (χ0n) is 9.50. The minimum atomic E-state index is -1.14. The Morgan fingerprint density at radius 3 is 2.37 bits per heavy atom. The van der Waals surface area contributed by atoms with E-state index < -0.39 is 11.9 Å². The van der Waals surface area contributed by atoms with Crippen LogP contribution in [0.25, 0.3) is 11.1 Å². The number of benzene rings is 1. The Labute approximate surface area is 113 Å². The molecule has 0 amide bonds. The fraction of sp³-hybridized carbons (Fsp3) is 0. The van der Waals surface area contributed by atoms with Crippen LogP contribution in [0, 0.1) is 0 Å². The number of rotatable bonds is 3. The van der Waals surface area contributed by atoms with Crippen LogP contribution in [0.2, 0.25) is 5.02 Å². The Morgan fingerprint density at radius 1 is 1.00 bits per heavy atom. The average molecular weight is 278 g/mol. The van der Waals surface area contributed by atoms with Crippen LogP contribution >= 0.6 is 11.6 Å². The molecule has 0 saturated carbocycles. The molecule has 0 atom stereocenters. The molecule has 0 bridgehead atoms. The molecule has 0 aliphatic carbocycles. The van der Waals surface area contributed by atoms with Gasteiger partial charge in [0.15, 0.2) is 0 Å². The molecule has 0 radical (unpaired) electrons. The summed E-state index contributed by atoms with van der Waals surface area (Å²) in [5.41, 5.74) is 1.04. The summed E-state index contributed by atoms with van der Waals surface area (Å²) in [5.74, 6) is -2.24. The van der Waals surface area contributed by atoms with Gasteiger partial charge in [-0.3, -0.25) is 4.98 Å². The number of carboxylic acids is 2. The third kappa shape index (κ3) is 2.71. The predicted octanol–water partition coefficient (Wildman–Crippen LogP) is 2.80. The highest BCUT2D eigenvalue weighted by atomic mass is 35.5. The first kappa shape index (κ1) is 13.0. The number of nitrogens with zero attached hydrogens (tertiary/aromatic N) is 1. The molecule has 1 aromatic heterocycles. The largest absolute Gasteiger partial charge is 0.478 e. The molecule has 0 saturated heterocycles. The van der Waals surface area contributed by atoms with Gasteiger partial charge in [0, 0.05) is 18.0 Å². The summed E-state index contributed by atoms with van der Waals surface area (Å²) in [5, 5.41) is 18.0. The maximum absolute atomic E-state index is 11.0. The molecule has 0 spiro atoms. The van der Waals surface area contributed by atoms with Crippen molar-refractivity contribution in [2.75, 3.05) is 0 Å². The molecule has 2 aromatic rings. The van der Waals surface area contributed by atoms with Gasteiger partial charge in [-0.25, -0.2) is 9.59 Å².